The van der Waals surface area contributed by atoms with Crippen molar-refractivity contribution in [3.63, 3.8) is 0 Å². The highest BCUT2D eigenvalue weighted by molar-refractivity contribution is 5.34. The molecule has 0 aliphatic carbocycles. The van der Waals surface area contributed by atoms with Crippen LogP contribution in [0.25, 0.3) is 0 Å². The number of anilines is 1. The smallest absolute Gasteiger partial charge is 0.146 e. The minimum Gasteiger partial charge on any atom is -0.357 e. The van der Waals surface area contributed by atoms with Crippen molar-refractivity contribution in [2.75, 3.05) is 32.1 Å². The summed E-state index contributed by atoms with van der Waals surface area (Å²) in [4.78, 5) is 13.7. The molecule has 118 valence electrons. The molecule has 0 spiro atoms. The zero-order chi connectivity index (χ0) is 15.5. The van der Waals surface area contributed by atoms with E-state index in [1.165, 1.54) is 19.4 Å². The van der Waals surface area contributed by atoms with Crippen molar-refractivity contribution in [3.8, 4) is 0 Å². The van der Waals surface area contributed by atoms with Gasteiger partial charge in [0.15, 0.2) is 0 Å². The molecule has 1 aliphatic rings. The molecule has 1 fully saturated rings. The van der Waals surface area contributed by atoms with Gasteiger partial charge in [0.25, 0.3) is 0 Å². The Balaban J connectivity index is 1.89. The summed E-state index contributed by atoms with van der Waals surface area (Å²) in [7, 11) is 4.31. The Morgan fingerprint density at radius 1 is 1.33 bits per heavy atom. The summed E-state index contributed by atoms with van der Waals surface area (Å²) in [6.45, 7) is 9.44. The van der Waals surface area contributed by atoms with E-state index in [-0.39, 0.29) is 5.54 Å². The van der Waals surface area contributed by atoms with Gasteiger partial charge in [-0.05, 0) is 47.2 Å². The lowest BCUT2D eigenvalue weighted by Crippen LogP contribution is -2.37. The number of rotatable bonds is 5. The van der Waals surface area contributed by atoms with Crippen LogP contribution in [-0.4, -0.2) is 53.6 Å². The number of nitrogens with one attached hydrogen (secondary N) is 1. The number of aromatic nitrogens is 2. The first-order chi connectivity index (χ1) is 9.85. The maximum Gasteiger partial charge on any atom is 0.146 e. The zero-order valence-corrected chi connectivity index (χ0v) is 14.1. The van der Waals surface area contributed by atoms with Gasteiger partial charge in [-0.2, -0.15) is 0 Å². The molecule has 1 N–H and O–H groups in total. The third-order valence-corrected chi connectivity index (χ3v) is 4.04. The Kier molecular flexibility index (Phi) is 5.17. The van der Waals surface area contributed by atoms with Crippen molar-refractivity contribution < 1.29 is 0 Å². The molecule has 0 amide bonds. The van der Waals surface area contributed by atoms with Crippen LogP contribution in [0.1, 0.15) is 39.3 Å². The molecular weight excluding hydrogens is 262 g/mol. The Bertz CT molecular complexity index is 437. The molecule has 1 aromatic heterocycles. The van der Waals surface area contributed by atoms with Crippen LogP contribution in [0.5, 0.6) is 0 Å². The van der Waals surface area contributed by atoms with Crippen molar-refractivity contribution in [2.24, 2.45) is 0 Å². The molecule has 0 aromatic carbocycles. The normalized spacial score (nSPS) is 20.0. The van der Waals surface area contributed by atoms with Gasteiger partial charge in [-0.25, -0.2) is 4.98 Å². The summed E-state index contributed by atoms with van der Waals surface area (Å²) in [5.41, 5.74) is 1.09. The van der Waals surface area contributed by atoms with Crippen LogP contribution >= 0.6 is 0 Å². The first-order valence-corrected chi connectivity index (χ1v) is 7.82. The summed E-state index contributed by atoms with van der Waals surface area (Å²) in [5, 5.41) is 3.43. The van der Waals surface area contributed by atoms with Crippen LogP contribution in [0, 0.1) is 0 Å². The number of nitrogens with zero attached hydrogens (tertiary/aromatic N) is 4. The maximum atomic E-state index is 4.55. The van der Waals surface area contributed by atoms with Gasteiger partial charge in [0.2, 0.25) is 0 Å². The quantitative estimate of drug-likeness (QED) is 0.897. The molecule has 5 heteroatoms. The van der Waals surface area contributed by atoms with E-state index in [0.29, 0.717) is 6.04 Å². The van der Waals surface area contributed by atoms with Gasteiger partial charge in [-0.15, -0.1) is 0 Å². The number of likely N-dealkylation sites (N-methyl/N-ethyl adjacent to an activating group) is 2. The van der Waals surface area contributed by atoms with Crippen LogP contribution in [0.15, 0.2) is 12.4 Å². The molecule has 0 saturated carbocycles. The summed E-state index contributed by atoms with van der Waals surface area (Å²) in [5.74, 6) is 0.954. The maximum absolute atomic E-state index is 4.55. The van der Waals surface area contributed by atoms with E-state index < -0.39 is 0 Å². The summed E-state index contributed by atoms with van der Waals surface area (Å²) in [6, 6.07) is 0.638. The van der Waals surface area contributed by atoms with Crippen LogP contribution in [-0.2, 0) is 6.54 Å². The fourth-order valence-corrected chi connectivity index (χ4v) is 2.61. The van der Waals surface area contributed by atoms with Gasteiger partial charge in [-0.1, -0.05) is 0 Å². The second-order valence-electron chi connectivity index (χ2n) is 7.13. The number of hydrogen-bond donors (Lipinski definition) is 1. The van der Waals surface area contributed by atoms with E-state index >= 15 is 0 Å². The van der Waals surface area contributed by atoms with Gasteiger partial charge < -0.3 is 15.1 Å². The number of likely N-dealkylation sites (tertiary alicyclic amines) is 1. The molecular formula is C16H29N5. The molecule has 1 aromatic rings. The fraction of sp³-hybridized carbons (Fsp3) is 0.750. The Morgan fingerprint density at radius 3 is 2.62 bits per heavy atom. The largest absolute Gasteiger partial charge is 0.357 e. The predicted octanol–water partition coefficient (Wildman–Crippen LogP) is 1.90. The molecule has 2 rings (SSSR count). The third kappa shape index (κ3) is 4.93. The van der Waals surface area contributed by atoms with Crippen molar-refractivity contribution in [1.82, 2.24) is 20.2 Å². The SMILES string of the molecule is CN(CC1CCCN1C)c1cnc(CNC(C)(C)C)cn1. The Hall–Kier alpha value is -1.20. The van der Waals surface area contributed by atoms with Gasteiger partial charge in [0.05, 0.1) is 18.1 Å². The average Bonchev–Trinajstić information content (AvgIpc) is 2.82. The lowest BCUT2D eigenvalue weighted by atomic mass is 10.1. The monoisotopic (exact) mass is 291 g/mol. The molecule has 5 nitrogen and oxygen atoms in total. The second kappa shape index (κ2) is 6.71. The van der Waals surface area contributed by atoms with Crippen molar-refractivity contribution >= 4 is 5.82 Å². The van der Waals surface area contributed by atoms with E-state index in [4.69, 9.17) is 0 Å². The Labute approximate surface area is 128 Å². The minimum atomic E-state index is 0.101. The van der Waals surface area contributed by atoms with E-state index in [9.17, 15) is 0 Å². The first-order valence-electron chi connectivity index (χ1n) is 7.82. The summed E-state index contributed by atoms with van der Waals surface area (Å²) in [6.07, 6.45) is 6.34. The highest BCUT2D eigenvalue weighted by Crippen LogP contribution is 2.17. The van der Waals surface area contributed by atoms with Crippen LogP contribution in [0.4, 0.5) is 5.82 Å². The lowest BCUT2D eigenvalue weighted by Gasteiger charge is -2.26. The van der Waals surface area contributed by atoms with Gasteiger partial charge in [0.1, 0.15) is 5.82 Å². The molecule has 1 saturated heterocycles. The first kappa shape index (κ1) is 16.2. The van der Waals surface area contributed by atoms with Gasteiger partial charge >= 0.3 is 0 Å². The van der Waals surface area contributed by atoms with E-state index in [0.717, 1.165) is 24.6 Å². The molecule has 0 bridgehead atoms. The van der Waals surface area contributed by atoms with E-state index in [1.54, 1.807) is 0 Å². The van der Waals surface area contributed by atoms with Crippen molar-refractivity contribution in [3.05, 3.63) is 18.1 Å². The molecule has 21 heavy (non-hydrogen) atoms. The van der Waals surface area contributed by atoms with Crippen LogP contribution < -0.4 is 10.2 Å². The molecule has 1 atom stereocenters. The van der Waals surface area contributed by atoms with Crippen LogP contribution in [0.3, 0.4) is 0 Å². The molecule has 2 heterocycles. The molecule has 0 radical (unpaired) electrons. The van der Waals surface area contributed by atoms with Crippen molar-refractivity contribution in [1.29, 1.82) is 0 Å². The zero-order valence-electron chi connectivity index (χ0n) is 14.1. The standard InChI is InChI=1S/C16H29N5/c1-16(2,3)19-10-13-9-18-15(11-17-13)21(5)12-14-7-6-8-20(14)4/h9,11,14,19H,6-8,10,12H2,1-5H3. The minimum absolute atomic E-state index is 0.101. The van der Waals surface area contributed by atoms with Crippen LogP contribution in [0.2, 0.25) is 0 Å². The van der Waals surface area contributed by atoms with Gasteiger partial charge in [0, 0.05) is 31.7 Å². The topological polar surface area (TPSA) is 44.3 Å². The van der Waals surface area contributed by atoms with E-state index in [2.05, 4.69) is 60.0 Å². The highest BCUT2D eigenvalue weighted by atomic mass is 15.2. The van der Waals surface area contributed by atoms with E-state index in [1.807, 2.05) is 12.4 Å². The molecule has 1 unspecified atom stereocenters. The summed E-state index contributed by atoms with van der Waals surface area (Å²) >= 11 is 0. The second-order valence-corrected chi connectivity index (χ2v) is 7.13. The lowest BCUT2D eigenvalue weighted by molar-refractivity contribution is 0.314. The fourth-order valence-electron chi connectivity index (χ4n) is 2.61. The average molecular weight is 291 g/mol. The predicted molar refractivity (Wildman–Crippen MR) is 87.5 cm³/mol. The number of hydrogen-bond acceptors (Lipinski definition) is 5. The third-order valence-electron chi connectivity index (χ3n) is 4.04. The molecule has 1 aliphatic heterocycles. The van der Waals surface area contributed by atoms with Crippen molar-refractivity contribution in [2.45, 2.75) is 51.7 Å². The highest BCUT2D eigenvalue weighted by Gasteiger charge is 2.22. The summed E-state index contributed by atoms with van der Waals surface area (Å²) < 4.78 is 0. The van der Waals surface area contributed by atoms with Gasteiger partial charge in [-0.3, -0.25) is 4.98 Å². The Morgan fingerprint density at radius 2 is 2.10 bits per heavy atom.